The summed E-state index contributed by atoms with van der Waals surface area (Å²) in [4.78, 5) is 0. The van der Waals surface area contributed by atoms with Gasteiger partial charge in [-0.1, -0.05) is 12.1 Å². The molecule has 4 heteroatoms. The molecule has 0 unspecified atom stereocenters. The van der Waals surface area contributed by atoms with Gasteiger partial charge in [0, 0.05) is 5.39 Å². The number of benzene rings is 2. The van der Waals surface area contributed by atoms with E-state index in [9.17, 15) is 5.11 Å². The van der Waals surface area contributed by atoms with E-state index in [1.54, 1.807) is 30.5 Å². The second kappa shape index (κ2) is 4.33. The number of hydrogen-bond acceptors (Lipinski definition) is 4. The Labute approximate surface area is 103 Å². The standard InChI is InChI=1S/C14H10N2O2/c17-10-5-7-11(8-6-10)18-14-9-15-16-13-4-2-1-3-12(13)14/h1-9,17H. The van der Waals surface area contributed by atoms with Crippen LogP contribution in [0.1, 0.15) is 0 Å². The summed E-state index contributed by atoms with van der Waals surface area (Å²) in [6.45, 7) is 0. The SMILES string of the molecule is Oc1ccc(Oc2cnnc3ccccc23)cc1. The first-order valence-corrected chi connectivity index (χ1v) is 5.50. The minimum atomic E-state index is 0.208. The van der Waals surface area contributed by atoms with Gasteiger partial charge in [-0.15, -0.1) is 0 Å². The third-order valence-corrected chi connectivity index (χ3v) is 2.57. The highest BCUT2D eigenvalue weighted by Crippen LogP contribution is 2.28. The summed E-state index contributed by atoms with van der Waals surface area (Å²) in [6, 6.07) is 14.2. The van der Waals surface area contributed by atoms with E-state index in [0.29, 0.717) is 11.5 Å². The van der Waals surface area contributed by atoms with Crippen LogP contribution in [-0.2, 0) is 0 Å². The van der Waals surface area contributed by atoms with E-state index in [-0.39, 0.29) is 5.75 Å². The maximum Gasteiger partial charge on any atom is 0.156 e. The molecule has 88 valence electrons. The van der Waals surface area contributed by atoms with E-state index in [1.165, 1.54) is 0 Å². The molecular formula is C14H10N2O2. The van der Waals surface area contributed by atoms with Crippen molar-refractivity contribution >= 4 is 10.9 Å². The van der Waals surface area contributed by atoms with Gasteiger partial charge in [-0.2, -0.15) is 10.2 Å². The Morgan fingerprint density at radius 2 is 1.72 bits per heavy atom. The molecule has 0 saturated heterocycles. The Kier molecular flexibility index (Phi) is 2.53. The van der Waals surface area contributed by atoms with Gasteiger partial charge in [-0.25, -0.2) is 0 Å². The fraction of sp³-hybridized carbons (Fsp3) is 0. The average molecular weight is 238 g/mol. The van der Waals surface area contributed by atoms with Gasteiger partial charge in [-0.3, -0.25) is 0 Å². The Morgan fingerprint density at radius 3 is 2.56 bits per heavy atom. The lowest BCUT2D eigenvalue weighted by Gasteiger charge is -2.07. The second-order valence-corrected chi connectivity index (χ2v) is 3.82. The predicted octanol–water partition coefficient (Wildman–Crippen LogP) is 3.13. The van der Waals surface area contributed by atoms with Crippen molar-refractivity contribution in [2.24, 2.45) is 0 Å². The van der Waals surface area contributed by atoms with Crippen LogP contribution in [0.3, 0.4) is 0 Å². The van der Waals surface area contributed by atoms with Crippen molar-refractivity contribution in [3.05, 3.63) is 54.7 Å². The first kappa shape index (κ1) is 10.5. The number of nitrogens with zero attached hydrogens (tertiary/aromatic N) is 2. The summed E-state index contributed by atoms with van der Waals surface area (Å²) >= 11 is 0. The Bertz CT molecular complexity index is 675. The van der Waals surface area contributed by atoms with E-state index in [4.69, 9.17) is 4.74 Å². The number of ether oxygens (including phenoxy) is 1. The minimum Gasteiger partial charge on any atom is -0.508 e. The van der Waals surface area contributed by atoms with Gasteiger partial charge in [0.2, 0.25) is 0 Å². The highest BCUT2D eigenvalue weighted by atomic mass is 16.5. The molecule has 0 amide bonds. The van der Waals surface area contributed by atoms with Crippen molar-refractivity contribution < 1.29 is 9.84 Å². The third-order valence-electron chi connectivity index (χ3n) is 2.57. The van der Waals surface area contributed by atoms with E-state index in [2.05, 4.69) is 10.2 Å². The Balaban J connectivity index is 2.02. The number of aromatic nitrogens is 2. The number of fused-ring (bicyclic) bond motifs is 1. The van der Waals surface area contributed by atoms with Crippen LogP contribution >= 0.6 is 0 Å². The van der Waals surface area contributed by atoms with Crippen LogP contribution in [0.15, 0.2) is 54.7 Å². The van der Waals surface area contributed by atoms with Crippen LogP contribution < -0.4 is 4.74 Å². The lowest BCUT2D eigenvalue weighted by molar-refractivity contribution is 0.465. The van der Waals surface area contributed by atoms with Crippen LogP contribution in [-0.4, -0.2) is 15.3 Å². The van der Waals surface area contributed by atoms with Gasteiger partial charge in [0.1, 0.15) is 11.5 Å². The zero-order valence-electron chi connectivity index (χ0n) is 9.45. The zero-order valence-corrected chi connectivity index (χ0v) is 9.45. The van der Waals surface area contributed by atoms with Gasteiger partial charge in [0.15, 0.2) is 5.75 Å². The molecule has 2 aromatic carbocycles. The summed E-state index contributed by atoms with van der Waals surface area (Å²) < 4.78 is 5.73. The van der Waals surface area contributed by atoms with Crippen LogP contribution in [0.4, 0.5) is 0 Å². The van der Waals surface area contributed by atoms with Gasteiger partial charge < -0.3 is 9.84 Å². The van der Waals surface area contributed by atoms with Crippen LogP contribution in [0, 0.1) is 0 Å². The highest BCUT2D eigenvalue weighted by molar-refractivity contribution is 5.84. The molecule has 18 heavy (non-hydrogen) atoms. The van der Waals surface area contributed by atoms with Crippen molar-refractivity contribution in [2.45, 2.75) is 0 Å². The van der Waals surface area contributed by atoms with E-state index in [1.807, 2.05) is 24.3 Å². The molecule has 1 heterocycles. The molecule has 0 fully saturated rings. The van der Waals surface area contributed by atoms with Gasteiger partial charge in [-0.05, 0) is 36.4 Å². The monoisotopic (exact) mass is 238 g/mol. The molecule has 0 radical (unpaired) electrons. The van der Waals surface area contributed by atoms with Crippen LogP contribution in [0.25, 0.3) is 10.9 Å². The molecule has 0 atom stereocenters. The van der Waals surface area contributed by atoms with Crippen molar-refractivity contribution in [1.29, 1.82) is 0 Å². The average Bonchev–Trinajstić information content (AvgIpc) is 2.42. The van der Waals surface area contributed by atoms with E-state index in [0.717, 1.165) is 10.9 Å². The zero-order chi connectivity index (χ0) is 12.4. The highest BCUT2D eigenvalue weighted by Gasteiger charge is 2.04. The lowest BCUT2D eigenvalue weighted by Crippen LogP contribution is -1.89. The topological polar surface area (TPSA) is 55.2 Å². The number of phenols is 1. The summed E-state index contributed by atoms with van der Waals surface area (Å²) in [7, 11) is 0. The molecule has 4 nitrogen and oxygen atoms in total. The first-order valence-electron chi connectivity index (χ1n) is 5.50. The number of aromatic hydroxyl groups is 1. The Hall–Kier alpha value is -2.62. The van der Waals surface area contributed by atoms with Crippen molar-refractivity contribution in [2.75, 3.05) is 0 Å². The molecule has 3 rings (SSSR count). The van der Waals surface area contributed by atoms with Crippen molar-refractivity contribution in [3.8, 4) is 17.2 Å². The summed E-state index contributed by atoms with van der Waals surface area (Å²) in [5.41, 5.74) is 0.786. The molecule has 1 aromatic heterocycles. The smallest absolute Gasteiger partial charge is 0.156 e. The molecule has 1 N–H and O–H groups in total. The fourth-order valence-electron chi connectivity index (χ4n) is 1.70. The largest absolute Gasteiger partial charge is 0.508 e. The number of phenolic OH excluding ortho intramolecular Hbond substituents is 1. The van der Waals surface area contributed by atoms with Crippen molar-refractivity contribution in [1.82, 2.24) is 10.2 Å². The fourth-order valence-corrected chi connectivity index (χ4v) is 1.70. The van der Waals surface area contributed by atoms with E-state index >= 15 is 0 Å². The lowest BCUT2D eigenvalue weighted by atomic mass is 10.2. The molecule has 0 bridgehead atoms. The summed E-state index contributed by atoms with van der Waals surface area (Å²) in [6.07, 6.45) is 1.58. The van der Waals surface area contributed by atoms with Gasteiger partial charge in [0.25, 0.3) is 0 Å². The molecule has 0 aliphatic carbocycles. The molecule has 0 aliphatic heterocycles. The second-order valence-electron chi connectivity index (χ2n) is 3.82. The first-order chi connectivity index (χ1) is 8.83. The minimum absolute atomic E-state index is 0.208. The molecule has 0 aliphatic rings. The molecule has 0 saturated carbocycles. The third kappa shape index (κ3) is 1.96. The number of hydrogen-bond donors (Lipinski definition) is 1. The molecule has 3 aromatic rings. The summed E-state index contributed by atoms with van der Waals surface area (Å²) in [5.74, 6) is 1.50. The number of rotatable bonds is 2. The van der Waals surface area contributed by atoms with Crippen LogP contribution in [0.5, 0.6) is 17.2 Å². The Morgan fingerprint density at radius 1 is 0.944 bits per heavy atom. The predicted molar refractivity (Wildman–Crippen MR) is 67.7 cm³/mol. The summed E-state index contributed by atoms with van der Waals surface area (Å²) in [5, 5.41) is 18.0. The molecular weight excluding hydrogens is 228 g/mol. The molecule has 0 spiro atoms. The van der Waals surface area contributed by atoms with E-state index < -0.39 is 0 Å². The van der Waals surface area contributed by atoms with Crippen LogP contribution in [0.2, 0.25) is 0 Å². The van der Waals surface area contributed by atoms with Crippen molar-refractivity contribution in [3.63, 3.8) is 0 Å². The van der Waals surface area contributed by atoms with Gasteiger partial charge in [0.05, 0.1) is 11.7 Å². The normalized spacial score (nSPS) is 10.4. The van der Waals surface area contributed by atoms with Gasteiger partial charge >= 0.3 is 0 Å². The maximum absolute atomic E-state index is 9.22. The maximum atomic E-state index is 9.22. The quantitative estimate of drug-likeness (QED) is 0.745.